The Bertz CT molecular complexity index is 1110. The average Bonchev–Trinajstić information content (AvgIpc) is 2.58. The van der Waals surface area contributed by atoms with Crippen LogP contribution in [0, 0.1) is 11.7 Å². The molecule has 0 aliphatic rings. The number of H-pyrrole nitrogens is 1. The highest BCUT2D eigenvalue weighted by Gasteiger charge is 2.31. The molecule has 1 aromatic carbocycles. The molecule has 164 valence electrons. The van der Waals surface area contributed by atoms with Gasteiger partial charge >= 0.3 is 5.51 Å². The van der Waals surface area contributed by atoms with Crippen molar-refractivity contribution in [1.82, 2.24) is 15.3 Å². The number of thioether (sulfide) groups is 1. The molecule has 1 amide bonds. The van der Waals surface area contributed by atoms with Gasteiger partial charge in [0.1, 0.15) is 11.5 Å². The van der Waals surface area contributed by atoms with Crippen LogP contribution in [0.15, 0.2) is 39.1 Å². The molecular formula is C17H17F4N3O4S2. The number of alkyl halides is 3. The van der Waals surface area contributed by atoms with Gasteiger partial charge in [0.25, 0.3) is 11.5 Å². The Balaban J connectivity index is 2.35. The average molecular weight is 467 g/mol. The molecular weight excluding hydrogens is 450 g/mol. The number of benzene rings is 1. The van der Waals surface area contributed by atoms with Gasteiger partial charge in [-0.25, -0.2) is 17.8 Å². The van der Waals surface area contributed by atoms with Crippen LogP contribution in [-0.4, -0.2) is 36.1 Å². The molecule has 0 fully saturated rings. The Labute approximate surface area is 173 Å². The summed E-state index contributed by atoms with van der Waals surface area (Å²) in [7, 11) is -3.89. The van der Waals surface area contributed by atoms with E-state index in [0.29, 0.717) is 0 Å². The third kappa shape index (κ3) is 6.29. The third-order valence-corrected chi connectivity index (χ3v) is 5.48. The van der Waals surface area contributed by atoms with Gasteiger partial charge in [0.2, 0.25) is 15.0 Å². The van der Waals surface area contributed by atoms with Crippen LogP contribution >= 0.6 is 11.8 Å². The summed E-state index contributed by atoms with van der Waals surface area (Å²) in [6.07, 6.45) is 0.799. The molecule has 0 spiro atoms. The molecule has 0 saturated carbocycles. The molecule has 0 bridgehead atoms. The summed E-state index contributed by atoms with van der Waals surface area (Å²) in [5.74, 6) is -2.34. The minimum atomic E-state index is -4.66. The molecule has 0 radical (unpaired) electrons. The third-order valence-electron chi connectivity index (χ3n) is 3.80. The van der Waals surface area contributed by atoms with Gasteiger partial charge in [-0.2, -0.15) is 13.2 Å². The van der Waals surface area contributed by atoms with Crippen molar-refractivity contribution in [2.24, 2.45) is 5.92 Å². The topological polar surface area (TPSA) is 109 Å². The molecule has 0 aliphatic carbocycles. The number of aromatic amines is 1. The van der Waals surface area contributed by atoms with E-state index < -0.39 is 66.2 Å². The van der Waals surface area contributed by atoms with Gasteiger partial charge in [0.15, 0.2) is 0 Å². The van der Waals surface area contributed by atoms with E-state index in [2.05, 4.69) is 10.3 Å². The first-order valence-corrected chi connectivity index (χ1v) is 11.1. The molecule has 2 rings (SSSR count). The Morgan fingerprint density at radius 3 is 2.37 bits per heavy atom. The predicted molar refractivity (Wildman–Crippen MR) is 101 cm³/mol. The van der Waals surface area contributed by atoms with Gasteiger partial charge in [-0.1, -0.05) is 19.9 Å². The van der Waals surface area contributed by atoms with E-state index in [1.807, 2.05) is 4.98 Å². The lowest BCUT2D eigenvalue weighted by molar-refractivity contribution is -0.0329. The number of hydrogen-bond donors (Lipinski definition) is 2. The van der Waals surface area contributed by atoms with Crippen molar-refractivity contribution >= 4 is 27.5 Å². The van der Waals surface area contributed by atoms with Crippen LogP contribution in [0.3, 0.4) is 0 Å². The molecule has 13 heteroatoms. The summed E-state index contributed by atoms with van der Waals surface area (Å²) >= 11 is -0.595. The van der Waals surface area contributed by atoms with Crippen molar-refractivity contribution in [1.29, 1.82) is 0 Å². The number of hydrogen-bond acceptors (Lipinski definition) is 6. The van der Waals surface area contributed by atoms with Gasteiger partial charge in [0.05, 0.1) is 10.9 Å². The lowest BCUT2D eigenvalue weighted by Gasteiger charge is -2.23. The second-order valence-electron chi connectivity index (χ2n) is 6.64. The molecule has 0 aliphatic heterocycles. The molecule has 0 saturated heterocycles. The van der Waals surface area contributed by atoms with Crippen LogP contribution in [0.1, 0.15) is 35.9 Å². The summed E-state index contributed by atoms with van der Waals surface area (Å²) in [6.45, 7) is 3.35. The van der Waals surface area contributed by atoms with Crippen molar-refractivity contribution in [3.63, 3.8) is 0 Å². The Hall–Kier alpha value is -2.41. The lowest BCUT2D eigenvalue weighted by Crippen LogP contribution is -2.33. The Morgan fingerprint density at radius 2 is 1.87 bits per heavy atom. The van der Waals surface area contributed by atoms with Gasteiger partial charge in [-0.15, -0.1) is 0 Å². The first kappa shape index (κ1) is 23.9. The smallest absolute Gasteiger partial charge is 0.344 e. The summed E-state index contributed by atoms with van der Waals surface area (Å²) in [5, 5.41) is 1.81. The van der Waals surface area contributed by atoms with Gasteiger partial charge in [0, 0.05) is 12.3 Å². The van der Waals surface area contributed by atoms with Crippen molar-refractivity contribution in [2.45, 2.75) is 35.4 Å². The molecule has 1 aromatic heterocycles. The zero-order chi connectivity index (χ0) is 22.9. The van der Waals surface area contributed by atoms with E-state index in [0.717, 1.165) is 24.5 Å². The fraction of sp³-hybridized carbons (Fsp3) is 0.353. The number of carbonyl (C=O) groups is 1. The largest absolute Gasteiger partial charge is 0.446 e. The molecule has 1 heterocycles. The van der Waals surface area contributed by atoms with Crippen LogP contribution in [0.2, 0.25) is 0 Å². The quantitative estimate of drug-likeness (QED) is 0.384. The monoisotopic (exact) mass is 467 g/mol. The zero-order valence-electron chi connectivity index (χ0n) is 15.9. The second kappa shape index (κ2) is 8.76. The van der Waals surface area contributed by atoms with E-state index in [-0.39, 0.29) is 11.5 Å². The second-order valence-corrected chi connectivity index (χ2v) is 9.68. The highest BCUT2D eigenvalue weighted by Crippen LogP contribution is 2.39. The molecule has 0 unspecified atom stereocenters. The number of carbonyl (C=O) groups excluding carboxylic acids is 1. The first-order valence-electron chi connectivity index (χ1n) is 8.35. The standard InChI is InChI=1S/C17H17F4N3O4S2/c1-8(2)14(9-4-5-12(10(18)6-9)29-17(19,20)21)24-15(26)11-7-13(25)23-16(22-11)30(3,27)28/h4-8,14H,1-3H3,(H,24,26)(H,22,23,25)/t14-/m1/s1. The molecule has 2 aromatic rings. The zero-order valence-corrected chi connectivity index (χ0v) is 17.5. The Kier molecular flexibility index (Phi) is 6.97. The van der Waals surface area contributed by atoms with Gasteiger partial charge < -0.3 is 5.32 Å². The van der Waals surface area contributed by atoms with Crippen molar-refractivity contribution in [3.8, 4) is 0 Å². The summed E-state index contributed by atoms with van der Waals surface area (Å²) < 4.78 is 74.8. The SMILES string of the molecule is CC(C)[C@@H](NC(=O)c1cc(=O)[nH]c(S(C)(=O)=O)n1)c1ccc(SC(F)(F)F)c(F)c1. The van der Waals surface area contributed by atoms with Crippen molar-refractivity contribution in [3.05, 3.63) is 51.7 Å². The maximum absolute atomic E-state index is 14.1. The molecule has 30 heavy (non-hydrogen) atoms. The predicted octanol–water partition coefficient (Wildman–Crippen LogP) is 3.05. The van der Waals surface area contributed by atoms with E-state index in [1.54, 1.807) is 13.8 Å². The molecule has 7 nitrogen and oxygen atoms in total. The molecule has 1 atom stereocenters. The normalized spacial score (nSPS) is 13.3. The van der Waals surface area contributed by atoms with E-state index in [1.165, 1.54) is 6.07 Å². The minimum Gasteiger partial charge on any atom is -0.344 e. The number of rotatable bonds is 6. The van der Waals surface area contributed by atoms with Crippen LogP contribution in [0.25, 0.3) is 0 Å². The van der Waals surface area contributed by atoms with Crippen molar-refractivity contribution < 1.29 is 30.8 Å². The summed E-state index contributed by atoms with van der Waals surface area (Å²) in [6, 6.07) is 3.03. The minimum absolute atomic E-state index is 0.190. The van der Waals surface area contributed by atoms with Crippen LogP contribution in [0.5, 0.6) is 0 Å². The maximum atomic E-state index is 14.1. The van der Waals surface area contributed by atoms with E-state index in [9.17, 15) is 35.6 Å². The fourth-order valence-electron chi connectivity index (χ4n) is 2.50. The number of amides is 1. The first-order chi connectivity index (χ1) is 13.7. The Morgan fingerprint density at radius 1 is 1.23 bits per heavy atom. The summed E-state index contributed by atoms with van der Waals surface area (Å²) in [4.78, 5) is 29.2. The maximum Gasteiger partial charge on any atom is 0.446 e. The number of halogens is 4. The van der Waals surface area contributed by atoms with Gasteiger partial charge in [-0.3, -0.25) is 14.6 Å². The highest BCUT2D eigenvalue weighted by atomic mass is 32.2. The highest BCUT2D eigenvalue weighted by molar-refractivity contribution is 8.00. The van der Waals surface area contributed by atoms with E-state index >= 15 is 0 Å². The van der Waals surface area contributed by atoms with Crippen LogP contribution in [-0.2, 0) is 9.84 Å². The number of aromatic nitrogens is 2. The molecule has 2 N–H and O–H groups in total. The number of sulfone groups is 1. The summed E-state index contributed by atoms with van der Waals surface area (Å²) in [5.41, 5.74) is -5.81. The van der Waals surface area contributed by atoms with Gasteiger partial charge in [-0.05, 0) is 35.4 Å². The van der Waals surface area contributed by atoms with Crippen molar-refractivity contribution in [2.75, 3.05) is 6.26 Å². The number of nitrogens with one attached hydrogen (secondary N) is 2. The van der Waals surface area contributed by atoms with E-state index in [4.69, 9.17) is 0 Å². The number of nitrogens with zero attached hydrogens (tertiary/aromatic N) is 1. The lowest BCUT2D eigenvalue weighted by atomic mass is 9.95. The fourth-order valence-corrected chi connectivity index (χ4v) is 3.59. The van der Waals surface area contributed by atoms with Crippen LogP contribution in [0.4, 0.5) is 17.6 Å². The van der Waals surface area contributed by atoms with Crippen LogP contribution < -0.4 is 10.9 Å².